The van der Waals surface area contributed by atoms with Crippen LogP contribution < -0.4 is 10.0 Å². The Balaban J connectivity index is 2.53. The number of anilines is 1. The molecule has 0 fully saturated rings. The van der Waals surface area contributed by atoms with Gasteiger partial charge in [-0.2, -0.15) is 0 Å². The minimum absolute atomic E-state index is 0.676. The number of carbonyl (C=O) groups is 1. The van der Waals surface area contributed by atoms with Crippen LogP contribution in [-0.2, 0) is 11.3 Å². The molecule has 0 radical (unpaired) electrons. The molecule has 13 heavy (non-hydrogen) atoms. The van der Waals surface area contributed by atoms with Crippen molar-refractivity contribution >= 4 is 24.0 Å². The first kappa shape index (κ1) is 10.1. The summed E-state index contributed by atoms with van der Waals surface area (Å²) in [7, 11) is 0. The summed E-state index contributed by atoms with van der Waals surface area (Å²) in [5.74, 6) is 0. The van der Waals surface area contributed by atoms with E-state index in [4.69, 9.17) is 0 Å². The highest BCUT2D eigenvalue weighted by Gasteiger charge is 1.92. The number of carbonyl (C=O) groups excluding carboxylic acids is 1. The van der Waals surface area contributed by atoms with E-state index in [0.717, 1.165) is 12.2 Å². The first-order valence-corrected chi connectivity index (χ1v) is 5.14. The third-order valence-electron chi connectivity index (χ3n) is 1.60. The quantitative estimate of drug-likeness (QED) is 0.555. The molecule has 0 bridgehead atoms. The van der Waals surface area contributed by atoms with Crippen molar-refractivity contribution in [2.45, 2.75) is 6.54 Å². The van der Waals surface area contributed by atoms with Gasteiger partial charge in [-0.05, 0) is 24.0 Å². The Morgan fingerprint density at radius 3 is 2.62 bits per heavy atom. The molecular formula is C9H12N2OS. The van der Waals surface area contributed by atoms with Crippen LogP contribution >= 0.6 is 11.9 Å². The molecule has 1 amide bonds. The number of benzene rings is 1. The molecule has 0 spiro atoms. The smallest absolute Gasteiger partial charge is 0.211 e. The standard InChI is InChI=1S/C9H12N2OS/c1-13-11-6-8-2-4-9(5-3-8)10-7-12/h2-5,7,11H,6H2,1H3,(H,10,12). The largest absolute Gasteiger partial charge is 0.329 e. The van der Waals surface area contributed by atoms with Crippen molar-refractivity contribution in [1.29, 1.82) is 0 Å². The van der Waals surface area contributed by atoms with Crippen LogP contribution in [0.3, 0.4) is 0 Å². The fourth-order valence-electron chi connectivity index (χ4n) is 0.942. The molecule has 0 unspecified atom stereocenters. The van der Waals surface area contributed by atoms with Crippen molar-refractivity contribution in [3.8, 4) is 0 Å². The maximum Gasteiger partial charge on any atom is 0.211 e. The third kappa shape index (κ3) is 3.48. The average Bonchev–Trinajstić information content (AvgIpc) is 2.17. The molecule has 2 N–H and O–H groups in total. The van der Waals surface area contributed by atoms with E-state index in [-0.39, 0.29) is 0 Å². The van der Waals surface area contributed by atoms with Gasteiger partial charge in [-0.1, -0.05) is 24.1 Å². The van der Waals surface area contributed by atoms with Gasteiger partial charge in [0.2, 0.25) is 6.41 Å². The summed E-state index contributed by atoms with van der Waals surface area (Å²) >= 11 is 1.59. The monoisotopic (exact) mass is 196 g/mol. The van der Waals surface area contributed by atoms with Gasteiger partial charge >= 0.3 is 0 Å². The lowest BCUT2D eigenvalue weighted by atomic mass is 10.2. The Bertz CT molecular complexity index is 261. The Labute approximate surface area is 82.0 Å². The van der Waals surface area contributed by atoms with Crippen LogP contribution in [0.4, 0.5) is 5.69 Å². The van der Waals surface area contributed by atoms with Gasteiger partial charge < -0.3 is 5.32 Å². The number of rotatable bonds is 5. The molecule has 0 aliphatic carbocycles. The van der Waals surface area contributed by atoms with Gasteiger partial charge in [0, 0.05) is 12.2 Å². The Morgan fingerprint density at radius 2 is 2.08 bits per heavy atom. The fourth-order valence-corrected chi connectivity index (χ4v) is 1.25. The zero-order chi connectivity index (χ0) is 9.52. The highest BCUT2D eigenvalue weighted by molar-refractivity contribution is 7.96. The lowest BCUT2D eigenvalue weighted by molar-refractivity contribution is -0.105. The molecule has 4 heteroatoms. The summed E-state index contributed by atoms with van der Waals surface area (Å²) in [6.45, 7) is 0.836. The van der Waals surface area contributed by atoms with E-state index in [0.29, 0.717) is 6.41 Å². The highest BCUT2D eigenvalue weighted by atomic mass is 32.2. The van der Waals surface area contributed by atoms with Crippen molar-refractivity contribution < 1.29 is 4.79 Å². The molecule has 1 rings (SSSR count). The first-order valence-electron chi connectivity index (χ1n) is 3.92. The molecule has 0 atom stereocenters. The normalized spacial score (nSPS) is 9.62. The van der Waals surface area contributed by atoms with Gasteiger partial charge in [0.25, 0.3) is 0 Å². The molecule has 70 valence electrons. The Morgan fingerprint density at radius 1 is 1.38 bits per heavy atom. The van der Waals surface area contributed by atoms with Crippen LogP contribution in [0.25, 0.3) is 0 Å². The van der Waals surface area contributed by atoms with E-state index >= 15 is 0 Å². The predicted octanol–water partition coefficient (Wildman–Crippen LogP) is 1.62. The maximum atomic E-state index is 10.1. The van der Waals surface area contributed by atoms with Gasteiger partial charge in [0.15, 0.2) is 0 Å². The highest BCUT2D eigenvalue weighted by Crippen LogP contribution is 2.08. The van der Waals surface area contributed by atoms with Gasteiger partial charge in [0.05, 0.1) is 0 Å². The molecule has 1 aromatic carbocycles. The minimum atomic E-state index is 0.676. The second kappa shape index (κ2) is 5.61. The Hall–Kier alpha value is -1.00. The van der Waals surface area contributed by atoms with Crippen LogP contribution in [0.1, 0.15) is 5.56 Å². The van der Waals surface area contributed by atoms with Gasteiger partial charge in [-0.3, -0.25) is 9.52 Å². The first-order chi connectivity index (χ1) is 6.36. The molecular weight excluding hydrogens is 184 g/mol. The minimum Gasteiger partial charge on any atom is -0.329 e. The van der Waals surface area contributed by atoms with E-state index in [9.17, 15) is 4.79 Å². The van der Waals surface area contributed by atoms with E-state index < -0.39 is 0 Å². The average molecular weight is 196 g/mol. The zero-order valence-corrected chi connectivity index (χ0v) is 8.23. The lowest BCUT2D eigenvalue weighted by Gasteiger charge is -2.02. The van der Waals surface area contributed by atoms with Crippen molar-refractivity contribution in [3.05, 3.63) is 29.8 Å². The number of hydrogen-bond acceptors (Lipinski definition) is 3. The van der Waals surface area contributed by atoms with E-state index in [1.54, 1.807) is 11.9 Å². The fraction of sp³-hybridized carbons (Fsp3) is 0.222. The summed E-state index contributed by atoms with van der Waals surface area (Å²) in [5, 5.41) is 2.58. The molecule has 0 heterocycles. The second-order valence-corrected chi connectivity index (χ2v) is 3.18. The summed E-state index contributed by atoms with van der Waals surface area (Å²) < 4.78 is 3.14. The molecule has 0 aliphatic rings. The van der Waals surface area contributed by atoms with Crippen molar-refractivity contribution in [2.24, 2.45) is 0 Å². The van der Waals surface area contributed by atoms with Crippen molar-refractivity contribution in [3.63, 3.8) is 0 Å². The number of amides is 1. The van der Waals surface area contributed by atoms with Crippen molar-refractivity contribution in [1.82, 2.24) is 4.72 Å². The summed E-state index contributed by atoms with van der Waals surface area (Å²) in [6.07, 6.45) is 2.66. The topological polar surface area (TPSA) is 41.1 Å². The predicted molar refractivity (Wildman–Crippen MR) is 56.5 cm³/mol. The summed E-state index contributed by atoms with van der Waals surface area (Å²) in [5.41, 5.74) is 2.02. The molecule has 1 aromatic rings. The van der Waals surface area contributed by atoms with Crippen LogP contribution in [0.15, 0.2) is 24.3 Å². The molecule has 0 saturated heterocycles. The molecule has 0 saturated carbocycles. The van der Waals surface area contributed by atoms with Crippen molar-refractivity contribution in [2.75, 3.05) is 11.6 Å². The summed E-state index contributed by atoms with van der Waals surface area (Å²) in [6, 6.07) is 7.72. The number of hydrogen-bond donors (Lipinski definition) is 2. The van der Waals surface area contributed by atoms with Gasteiger partial charge in [-0.25, -0.2) is 0 Å². The SMILES string of the molecule is CSNCc1ccc(NC=O)cc1. The maximum absolute atomic E-state index is 10.1. The van der Waals surface area contributed by atoms with Gasteiger partial charge in [-0.15, -0.1) is 0 Å². The third-order valence-corrected chi connectivity index (χ3v) is 2.03. The van der Waals surface area contributed by atoms with E-state index in [2.05, 4.69) is 10.0 Å². The van der Waals surface area contributed by atoms with Crippen LogP contribution in [0.2, 0.25) is 0 Å². The Kier molecular flexibility index (Phi) is 4.35. The van der Waals surface area contributed by atoms with Crippen LogP contribution in [0.5, 0.6) is 0 Å². The van der Waals surface area contributed by atoms with Gasteiger partial charge in [0.1, 0.15) is 0 Å². The van der Waals surface area contributed by atoms with E-state index in [1.807, 2.05) is 30.5 Å². The zero-order valence-electron chi connectivity index (χ0n) is 7.41. The van der Waals surface area contributed by atoms with Crippen LogP contribution in [-0.4, -0.2) is 12.7 Å². The molecule has 0 aromatic heterocycles. The molecule has 0 aliphatic heterocycles. The summed E-state index contributed by atoms with van der Waals surface area (Å²) in [4.78, 5) is 10.1. The van der Waals surface area contributed by atoms with Crippen LogP contribution in [0, 0.1) is 0 Å². The lowest BCUT2D eigenvalue weighted by Crippen LogP contribution is -2.02. The van der Waals surface area contributed by atoms with E-state index in [1.165, 1.54) is 5.56 Å². The number of nitrogens with one attached hydrogen (secondary N) is 2. The molecule has 3 nitrogen and oxygen atoms in total. The second-order valence-electron chi connectivity index (χ2n) is 2.48.